The highest BCUT2D eigenvalue weighted by Gasteiger charge is 2.37. The van der Waals surface area contributed by atoms with Crippen LogP contribution < -0.4 is 0 Å². The molecule has 1 aliphatic carbocycles. The summed E-state index contributed by atoms with van der Waals surface area (Å²) >= 11 is 0. The lowest BCUT2D eigenvalue weighted by atomic mass is 9.69. The van der Waals surface area contributed by atoms with Crippen LogP contribution in [0.25, 0.3) is 0 Å². The third-order valence-electron chi connectivity index (χ3n) is 7.77. The summed E-state index contributed by atoms with van der Waals surface area (Å²) in [4.78, 5) is 13.0. The Labute approximate surface area is 189 Å². The third kappa shape index (κ3) is 9.73. The summed E-state index contributed by atoms with van der Waals surface area (Å²) in [6, 6.07) is 0. The molecular formula is C28H54O2. The molecule has 2 nitrogen and oxygen atoms in total. The van der Waals surface area contributed by atoms with Crippen LogP contribution in [0.1, 0.15) is 115 Å². The van der Waals surface area contributed by atoms with Crippen molar-refractivity contribution in [2.24, 2.45) is 52.3 Å². The van der Waals surface area contributed by atoms with Crippen molar-refractivity contribution >= 4 is 5.97 Å². The lowest BCUT2D eigenvalue weighted by molar-refractivity contribution is -0.155. The van der Waals surface area contributed by atoms with Crippen LogP contribution in [0, 0.1) is 52.3 Å². The van der Waals surface area contributed by atoms with Gasteiger partial charge in [-0.15, -0.1) is 0 Å². The Morgan fingerprint density at radius 3 is 1.97 bits per heavy atom. The van der Waals surface area contributed by atoms with E-state index in [0.717, 1.165) is 19.3 Å². The average molecular weight is 423 g/mol. The van der Waals surface area contributed by atoms with Gasteiger partial charge in [0.15, 0.2) is 0 Å². The lowest BCUT2D eigenvalue weighted by Crippen LogP contribution is -2.36. The van der Waals surface area contributed by atoms with Crippen molar-refractivity contribution in [2.45, 2.75) is 115 Å². The molecular weight excluding hydrogens is 368 g/mol. The summed E-state index contributed by atoms with van der Waals surface area (Å²) in [6.07, 6.45) is 6.97. The summed E-state index contributed by atoms with van der Waals surface area (Å²) in [5.74, 6) is 3.65. The van der Waals surface area contributed by atoms with Crippen LogP contribution in [0.5, 0.6) is 0 Å². The first kappa shape index (κ1) is 27.5. The van der Waals surface area contributed by atoms with Gasteiger partial charge in [-0.05, 0) is 78.4 Å². The molecule has 0 amide bonds. The van der Waals surface area contributed by atoms with Crippen LogP contribution in [0.4, 0.5) is 0 Å². The fourth-order valence-electron chi connectivity index (χ4n) is 5.79. The minimum Gasteiger partial charge on any atom is -0.465 e. The van der Waals surface area contributed by atoms with E-state index in [1.54, 1.807) is 0 Å². The first-order valence-corrected chi connectivity index (χ1v) is 12.8. The van der Waals surface area contributed by atoms with Crippen molar-refractivity contribution in [3.63, 3.8) is 0 Å². The van der Waals surface area contributed by atoms with Crippen LogP contribution in [0.15, 0.2) is 0 Å². The molecule has 0 aromatic rings. The molecule has 0 aromatic heterocycles. The predicted octanol–water partition coefficient (Wildman–Crippen LogP) is 8.39. The van der Waals surface area contributed by atoms with Gasteiger partial charge >= 0.3 is 5.97 Å². The normalized spacial score (nSPS) is 28.6. The van der Waals surface area contributed by atoms with Gasteiger partial charge < -0.3 is 4.74 Å². The Hall–Kier alpha value is -0.530. The molecule has 0 aliphatic heterocycles. The zero-order valence-electron chi connectivity index (χ0n) is 22.3. The largest absolute Gasteiger partial charge is 0.465 e. The molecule has 7 atom stereocenters. The number of carbonyl (C=O) groups is 1. The molecule has 0 spiro atoms. The van der Waals surface area contributed by atoms with E-state index in [1.165, 1.54) is 19.3 Å². The van der Waals surface area contributed by atoms with Gasteiger partial charge in [0.25, 0.3) is 0 Å². The molecule has 0 heterocycles. The molecule has 1 aliphatic rings. The van der Waals surface area contributed by atoms with Crippen molar-refractivity contribution in [3.8, 4) is 0 Å². The Balaban J connectivity index is 2.71. The van der Waals surface area contributed by atoms with Crippen molar-refractivity contribution in [2.75, 3.05) is 6.61 Å². The maximum absolute atomic E-state index is 13.0. The standard InChI is InChI=1S/C28H54O2/c1-19(16-27(6,7)8)12-14-24(21(3)17-28(9,10)11)18-30-26(29)25-15-13-20(2)22(4)23(25)5/h19-25H,12-18H2,1-11H3. The van der Waals surface area contributed by atoms with Crippen molar-refractivity contribution in [1.29, 1.82) is 0 Å². The van der Waals surface area contributed by atoms with Crippen LogP contribution in [-0.2, 0) is 9.53 Å². The Morgan fingerprint density at radius 2 is 1.43 bits per heavy atom. The van der Waals surface area contributed by atoms with E-state index in [4.69, 9.17) is 4.74 Å². The fraction of sp³-hybridized carbons (Fsp3) is 0.964. The summed E-state index contributed by atoms with van der Waals surface area (Å²) in [5, 5.41) is 0. The van der Waals surface area contributed by atoms with E-state index in [1.807, 2.05) is 0 Å². The smallest absolute Gasteiger partial charge is 0.309 e. The molecule has 0 saturated heterocycles. The second-order valence-electron chi connectivity index (χ2n) is 13.5. The van der Waals surface area contributed by atoms with Crippen molar-refractivity contribution < 1.29 is 9.53 Å². The van der Waals surface area contributed by atoms with E-state index in [0.29, 0.717) is 52.9 Å². The Kier molecular flexibility index (Phi) is 10.4. The zero-order chi connectivity index (χ0) is 23.3. The van der Waals surface area contributed by atoms with Crippen LogP contribution >= 0.6 is 0 Å². The SMILES string of the molecule is CC(CCC(COC(=O)C1CCC(C)C(C)C1C)C(C)CC(C)(C)C)CC(C)(C)C. The van der Waals surface area contributed by atoms with Crippen molar-refractivity contribution in [3.05, 3.63) is 0 Å². The number of ether oxygens (including phenoxy) is 1. The maximum Gasteiger partial charge on any atom is 0.309 e. The number of esters is 1. The van der Waals surface area contributed by atoms with E-state index in [2.05, 4.69) is 76.2 Å². The lowest BCUT2D eigenvalue weighted by Gasteiger charge is -2.37. The molecule has 0 bridgehead atoms. The molecule has 1 fully saturated rings. The quantitative estimate of drug-likeness (QED) is 0.349. The minimum atomic E-state index is 0.0666. The highest BCUT2D eigenvalue weighted by Crippen LogP contribution is 2.39. The minimum absolute atomic E-state index is 0.0666. The van der Waals surface area contributed by atoms with Crippen LogP contribution in [0.2, 0.25) is 0 Å². The van der Waals surface area contributed by atoms with Crippen LogP contribution in [-0.4, -0.2) is 12.6 Å². The Morgan fingerprint density at radius 1 is 0.867 bits per heavy atom. The average Bonchev–Trinajstić information content (AvgIpc) is 2.56. The number of carbonyl (C=O) groups excluding carboxylic acids is 1. The highest BCUT2D eigenvalue weighted by atomic mass is 16.5. The molecule has 2 heteroatoms. The van der Waals surface area contributed by atoms with E-state index < -0.39 is 0 Å². The molecule has 0 aromatic carbocycles. The first-order chi connectivity index (χ1) is 13.6. The zero-order valence-corrected chi connectivity index (χ0v) is 22.3. The van der Waals surface area contributed by atoms with Gasteiger partial charge in [-0.25, -0.2) is 0 Å². The number of hydrogen-bond donors (Lipinski definition) is 0. The highest BCUT2D eigenvalue weighted by molar-refractivity contribution is 5.73. The summed E-state index contributed by atoms with van der Waals surface area (Å²) in [7, 11) is 0. The van der Waals surface area contributed by atoms with Gasteiger partial charge in [0.05, 0.1) is 12.5 Å². The van der Waals surface area contributed by atoms with Gasteiger partial charge in [-0.2, -0.15) is 0 Å². The summed E-state index contributed by atoms with van der Waals surface area (Å²) in [6.45, 7) is 26.2. The maximum atomic E-state index is 13.0. The van der Waals surface area contributed by atoms with E-state index in [9.17, 15) is 4.79 Å². The number of rotatable bonds is 9. The van der Waals surface area contributed by atoms with Gasteiger partial charge in [0.1, 0.15) is 0 Å². The fourth-order valence-corrected chi connectivity index (χ4v) is 5.79. The molecule has 0 radical (unpaired) electrons. The van der Waals surface area contributed by atoms with Crippen LogP contribution in [0.3, 0.4) is 0 Å². The second-order valence-corrected chi connectivity index (χ2v) is 13.5. The van der Waals surface area contributed by atoms with Crippen molar-refractivity contribution in [1.82, 2.24) is 0 Å². The molecule has 178 valence electrons. The van der Waals surface area contributed by atoms with Gasteiger partial charge in [-0.1, -0.05) is 82.6 Å². The van der Waals surface area contributed by atoms with Gasteiger partial charge in [-0.3, -0.25) is 4.79 Å². The second kappa shape index (κ2) is 11.4. The summed E-state index contributed by atoms with van der Waals surface area (Å²) in [5.41, 5.74) is 0.686. The summed E-state index contributed by atoms with van der Waals surface area (Å²) < 4.78 is 6.03. The Bertz CT molecular complexity index is 510. The van der Waals surface area contributed by atoms with Gasteiger partial charge in [0.2, 0.25) is 0 Å². The molecule has 7 unspecified atom stereocenters. The molecule has 30 heavy (non-hydrogen) atoms. The monoisotopic (exact) mass is 422 g/mol. The topological polar surface area (TPSA) is 26.3 Å². The molecule has 1 rings (SSSR count). The first-order valence-electron chi connectivity index (χ1n) is 12.8. The van der Waals surface area contributed by atoms with Gasteiger partial charge in [0, 0.05) is 0 Å². The van der Waals surface area contributed by atoms with E-state index >= 15 is 0 Å². The molecule has 1 saturated carbocycles. The third-order valence-corrected chi connectivity index (χ3v) is 7.77. The predicted molar refractivity (Wildman–Crippen MR) is 130 cm³/mol. The number of hydrogen-bond acceptors (Lipinski definition) is 2. The molecule has 0 N–H and O–H groups in total. The van der Waals surface area contributed by atoms with E-state index in [-0.39, 0.29) is 11.9 Å².